The lowest BCUT2D eigenvalue weighted by molar-refractivity contribution is 0.101. The minimum Gasteiger partial charge on any atom is -0.394 e. The van der Waals surface area contributed by atoms with Gasteiger partial charge in [-0.15, -0.1) is 0 Å². The summed E-state index contributed by atoms with van der Waals surface area (Å²) in [6, 6.07) is 19.6. The van der Waals surface area contributed by atoms with Crippen LogP contribution in [-0.4, -0.2) is 40.9 Å². The number of para-hydroxylation sites is 2. The van der Waals surface area contributed by atoms with Gasteiger partial charge < -0.3 is 15.0 Å². The molecule has 3 heterocycles. The number of nitrogens with one attached hydrogen (secondary N) is 1. The maximum atomic E-state index is 10.1. The smallest absolute Gasteiger partial charge is 0.0753 e. The standard InChI is InChI=1S/C20H21N3O/c24-12-19-20-17(16-8-4-5-9-18(16)21-20)10-15-11-22(13-23(15)19)14-6-2-1-3-7-14/h1-9,15,19,21,24H,10-13H2. The number of fused-ring (bicyclic) bond motifs is 4. The largest absolute Gasteiger partial charge is 0.394 e. The number of aromatic nitrogens is 1. The Bertz CT molecular complexity index is 873. The van der Waals surface area contributed by atoms with Gasteiger partial charge in [0.15, 0.2) is 0 Å². The molecule has 0 amide bonds. The van der Waals surface area contributed by atoms with Crippen molar-refractivity contribution >= 4 is 16.6 Å². The number of aliphatic hydroxyl groups is 1. The van der Waals surface area contributed by atoms with Crippen LogP contribution in [0.1, 0.15) is 17.3 Å². The molecule has 24 heavy (non-hydrogen) atoms. The van der Waals surface area contributed by atoms with Gasteiger partial charge in [-0.05, 0) is 30.2 Å². The zero-order valence-corrected chi connectivity index (χ0v) is 13.5. The van der Waals surface area contributed by atoms with Gasteiger partial charge in [-0.25, -0.2) is 0 Å². The Morgan fingerprint density at radius 1 is 1.04 bits per heavy atom. The number of benzene rings is 2. The van der Waals surface area contributed by atoms with E-state index in [-0.39, 0.29) is 12.6 Å². The lowest BCUT2D eigenvalue weighted by Crippen LogP contribution is -2.42. The Morgan fingerprint density at radius 3 is 2.67 bits per heavy atom. The van der Waals surface area contributed by atoms with Crippen LogP contribution in [0.3, 0.4) is 0 Å². The number of hydrogen-bond acceptors (Lipinski definition) is 3. The topological polar surface area (TPSA) is 42.5 Å². The molecule has 0 bridgehead atoms. The molecule has 0 saturated carbocycles. The third kappa shape index (κ3) is 2.00. The molecule has 2 unspecified atom stereocenters. The predicted molar refractivity (Wildman–Crippen MR) is 96.1 cm³/mol. The molecule has 2 N–H and O–H groups in total. The van der Waals surface area contributed by atoms with E-state index in [0.717, 1.165) is 19.6 Å². The first-order chi connectivity index (χ1) is 11.8. The molecule has 0 aliphatic carbocycles. The summed E-state index contributed by atoms with van der Waals surface area (Å²) in [4.78, 5) is 8.43. The fourth-order valence-corrected chi connectivity index (χ4v) is 4.41. The second-order valence-corrected chi connectivity index (χ2v) is 6.83. The number of aromatic amines is 1. The van der Waals surface area contributed by atoms with Gasteiger partial charge in [0.1, 0.15) is 0 Å². The van der Waals surface area contributed by atoms with Crippen molar-refractivity contribution in [3.05, 3.63) is 65.9 Å². The lowest BCUT2D eigenvalue weighted by Gasteiger charge is -2.35. The van der Waals surface area contributed by atoms with E-state index >= 15 is 0 Å². The van der Waals surface area contributed by atoms with Crippen LogP contribution in [0.5, 0.6) is 0 Å². The highest BCUT2D eigenvalue weighted by Gasteiger charge is 2.41. The quantitative estimate of drug-likeness (QED) is 0.763. The van der Waals surface area contributed by atoms with E-state index in [1.54, 1.807) is 0 Å². The molecule has 2 aromatic carbocycles. The molecule has 4 nitrogen and oxygen atoms in total. The summed E-state index contributed by atoms with van der Waals surface area (Å²) in [5.74, 6) is 0. The predicted octanol–water partition coefficient (Wildman–Crippen LogP) is 2.91. The van der Waals surface area contributed by atoms with Gasteiger partial charge in [0.05, 0.1) is 19.3 Å². The zero-order valence-electron chi connectivity index (χ0n) is 13.5. The molecular formula is C20H21N3O. The van der Waals surface area contributed by atoms with Crippen molar-refractivity contribution in [2.45, 2.75) is 18.5 Å². The molecule has 0 radical (unpaired) electrons. The normalized spacial score (nSPS) is 23.5. The number of aliphatic hydroxyl groups excluding tert-OH is 1. The van der Waals surface area contributed by atoms with Gasteiger partial charge in [0.25, 0.3) is 0 Å². The van der Waals surface area contributed by atoms with E-state index in [9.17, 15) is 5.11 Å². The fraction of sp³-hybridized carbons (Fsp3) is 0.300. The third-order valence-corrected chi connectivity index (χ3v) is 5.55. The summed E-state index contributed by atoms with van der Waals surface area (Å²) in [5.41, 5.74) is 5.03. The minimum atomic E-state index is 0.0554. The van der Waals surface area contributed by atoms with E-state index in [1.807, 2.05) is 0 Å². The molecule has 1 aromatic heterocycles. The number of hydrogen-bond donors (Lipinski definition) is 2. The number of nitrogens with zero attached hydrogens (tertiary/aromatic N) is 2. The molecule has 1 saturated heterocycles. The van der Waals surface area contributed by atoms with Gasteiger partial charge in [-0.2, -0.15) is 0 Å². The van der Waals surface area contributed by atoms with Crippen molar-refractivity contribution in [2.75, 3.05) is 24.7 Å². The van der Waals surface area contributed by atoms with Gasteiger partial charge in [0, 0.05) is 34.9 Å². The molecule has 122 valence electrons. The summed E-state index contributed by atoms with van der Waals surface area (Å²) < 4.78 is 0. The van der Waals surface area contributed by atoms with Crippen LogP contribution < -0.4 is 4.90 Å². The average Bonchev–Trinajstić information content (AvgIpc) is 3.22. The second-order valence-electron chi connectivity index (χ2n) is 6.83. The van der Waals surface area contributed by atoms with Crippen LogP contribution in [0, 0.1) is 0 Å². The zero-order chi connectivity index (χ0) is 16.1. The van der Waals surface area contributed by atoms with E-state index in [1.165, 1.54) is 27.8 Å². The van der Waals surface area contributed by atoms with E-state index in [4.69, 9.17) is 0 Å². The Kier molecular flexibility index (Phi) is 3.15. The van der Waals surface area contributed by atoms with E-state index in [0.29, 0.717) is 6.04 Å². The first-order valence-electron chi connectivity index (χ1n) is 8.61. The SMILES string of the molecule is OCC1c2[nH]c3ccccc3c2CC2CN(c3ccccc3)CN21. The Hall–Kier alpha value is -2.30. The van der Waals surface area contributed by atoms with Crippen molar-refractivity contribution < 1.29 is 5.11 Å². The molecular weight excluding hydrogens is 298 g/mol. The summed E-state index contributed by atoms with van der Waals surface area (Å²) >= 11 is 0. The highest BCUT2D eigenvalue weighted by atomic mass is 16.3. The average molecular weight is 319 g/mol. The summed E-state index contributed by atoms with van der Waals surface area (Å²) in [5, 5.41) is 11.4. The van der Waals surface area contributed by atoms with Gasteiger partial charge in [0.2, 0.25) is 0 Å². The second kappa shape index (κ2) is 5.36. The molecule has 2 atom stereocenters. The molecule has 5 rings (SSSR count). The third-order valence-electron chi connectivity index (χ3n) is 5.55. The Balaban J connectivity index is 1.54. The lowest BCUT2D eigenvalue weighted by atomic mass is 9.93. The van der Waals surface area contributed by atoms with Crippen molar-refractivity contribution in [1.82, 2.24) is 9.88 Å². The molecule has 3 aromatic rings. The number of anilines is 1. The summed E-state index contributed by atoms with van der Waals surface area (Å²) in [7, 11) is 0. The molecule has 4 heteroatoms. The van der Waals surface area contributed by atoms with Crippen molar-refractivity contribution in [2.24, 2.45) is 0 Å². The fourth-order valence-electron chi connectivity index (χ4n) is 4.41. The summed E-state index contributed by atoms with van der Waals surface area (Å²) in [6.45, 7) is 2.03. The van der Waals surface area contributed by atoms with Crippen LogP contribution in [0.2, 0.25) is 0 Å². The maximum absolute atomic E-state index is 10.1. The van der Waals surface area contributed by atoms with Crippen LogP contribution >= 0.6 is 0 Å². The van der Waals surface area contributed by atoms with Gasteiger partial charge in [-0.3, -0.25) is 4.90 Å². The van der Waals surface area contributed by atoms with E-state index < -0.39 is 0 Å². The molecule has 1 fully saturated rings. The monoisotopic (exact) mass is 319 g/mol. The van der Waals surface area contributed by atoms with Crippen LogP contribution in [0.25, 0.3) is 10.9 Å². The van der Waals surface area contributed by atoms with Crippen molar-refractivity contribution in [1.29, 1.82) is 0 Å². The summed E-state index contributed by atoms with van der Waals surface area (Å²) in [6.07, 6.45) is 1.04. The maximum Gasteiger partial charge on any atom is 0.0753 e. The molecule has 0 spiro atoms. The van der Waals surface area contributed by atoms with Gasteiger partial charge in [-0.1, -0.05) is 36.4 Å². The van der Waals surface area contributed by atoms with Crippen LogP contribution in [-0.2, 0) is 6.42 Å². The van der Waals surface area contributed by atoms with Crippen LogP contribution in [0.4, 0.5) is 5.69 Å². The van der Waals surface area contributed by atoms with Crippen LogP contribution in [0.15, 0.2) is 54.6 Å². The number of H-pyrrole nitrogens is 1. The van der Waals surface area contributed by atoms with Gasteiger partial charge >= 0.3 is 0 Å². The first-order valence-corrected chi connectivity index (χ1v) is 8.61. The Labute approximate surface area is 141 Å². The number of rotatable bonds is 2. The van der Waals surface area contributed by atoms with Crippen molar-refractivity contribution in [3.63, 3.8) is 0 Å². The van der Waals surface area contributed by atoms with Crippen molar-refractivity contribution in [3.8, 4) is 0 Å². The van der Waals surface area contributed by atoms with E-state index in [2.05, 4.69) is 69.4 Å². The molecule has 2 aliphatic rings. The molecule has 2 aliphatic heterocycles. The highest BCUT2D eigenvalue weighted by molar-refractivity contribution is 5.85. The highest BCUT2D eigenvalue weighted by Crippen LogP contribution is 2.40. The minimum absolute atomic E-state index is 0.0554. The Morgan fingerprint density at radius 2 is 1.83 bits per heavy atom. The first kappa shape index (κ1) is 14.1.